The first-order chi connectivity index (χ1) is 17.4. The molecule has 6 rings (SSSR count). The Kier molecular flexibility index (Phi) is 4.88. The number of imide groups is 1. The van der Waals surface area contributed by atoms with Crippen LogP contribution >= 0.6 is 0 Å². The number of carbonyl (C=O) groups is 4. The van der Waals surface area contributed by atoms with E-state index in [4.69, 9.17) is 0 Å². The lowest BCUT2D eigenvalue weighted by atomic mass is 10.0. The Hall–Kier alpha value is -4.87. The van der Waals surface area contributed by atoms with Gasteiger partial charge in [0, 0.05) is 25.6 Å². The monoisotopic (exact) mass is 484 g/mol. The lowest BCUT2D eigenvalue weighted by Crippen LogP contribution is -2.52. The maximum absolute atomic E-state index is 12.9. The fourth-order valence-electron chi connectivity index (χ4n) is 4.64. The summed E-state index contributed by atoms with van der Waals surface area (Å²) < 4.78 is 3.32. The lowest BCUT2D eigenvalue weighted by Gasteiger charge is -2.29. The minimum Gasteiger partial charge on any atom is -0.334 e. The highest BCUT2D eigenvalue weighted by Gasteiger charge is 2.39. The number of anilines is 1. The van der Waals surface area contributed by atoms with Gasteiger partial charge < -0.3 is 14.8 Å². The van der Waals surface area contributed by atoms with E-state index >= 15 is 0 Å². The van der Waals surface area contributed by atoms with E-state index in [2.05, 4.69) is 25.9 Å². The van der Waals surface area contributed by atoms with Crippen LogP contribution in [-0.2, 0) is 23.2 Å². The first-order valence-corrected chi connectivity index (χ1v) is 11.3. The molecule has 0 saturated carbocycles. The maximum Gasteiger partial charge on any atom is 0.277 e. The van der Waals surface area contributed by atoms with Crippen LogP contribution in [0.15, 0.2) is 48.9 Å². The summed E-state index contributed by atoms with van der Waals surface area (Å²) >= 11 is 0. The van der Waals surface area contributed by atoms with E-state index in [1.165, 1.54) is 15.8 Å². The van der Waals surface area contributed by atoms with E-state index in [1.54, 1.807) is 30.6 Å². The van der Waals surface area contributed by atoms with Crippen molar-refractivity contribution < 1.29 is 19.2 Å². The minimum atomic E-state index is -0.684. The van der Waals surface area contributed by atoms with E-state index in [1.807, 2.05) is 23.7 Å². The minimum absolute atomic E-state index is 0.115. The van der Waals surface area contributed by atoms with Gasteiger partial charge in [0.05, 0.1) is 29.4 Å². The van der Waals surface area contributed by atoms with Gasteiger partial charge in [-0.15, -0.1) is 5.10 Å². The van der Waals surface area contributed by atoms with Gasteiger partial charge in [-0.1, -0.05) is 11.3 Å². The Morgan fingerprint density at radius 2 is 2.03 bits per heavy atom. The number of nitrogens with zero attached hydrogens (tertiary/aromatic N) is 6. The molecule has 2 aliphatic rings. The third-order valence-corrected chi connectivity index (χ3v) is 6.50. The number of para-hydroxylation sites is 1. The van der Waals surface area contributed by atoms with Gasteiger partial charge in [0.2, 0.25) is 11.8 Å². The molecular weight excluding hydrogens is 464 g/mol. The van der Waals surface area contributed by atoms with Gasteiger partial charge in [-0.3, -0.25) is 24.5 Å². The number of rotatable bonds is 4. The summed E-state index contributed by atoms with van der Waals surface area (Å²) in [5.41, 5.74) is 4.07. The molecule has 4 amide bonds. The van der Waals surface area contributed by atoms with Crippen molar-refractivity contribution in [3.05, 3.63) is 65.7 Å². The molecule has 1 unspecified atom stereocenters. The van der Waals surface area contributed by atoms with E-state index in [0.717, 1.165) is 11.1 Å². The summed E-state index contributed by atoms with van der Waals surface area (Å²) in [5, 5.41) is 13.2. The Labute approximate surface area is 203 Å². The van der Waals surface area contributed by atoms with Crippen molar-refractivity contribution in [3.63, 3.8) is 0 Å². The molecule has 12 heteroatoms. The molecule has 1 atom stereocenters. The molecule has 2 aromatic carbocycles. The number of hydrogen-bond donors (Lipinski definition) is 2. The van der Waals surface area contributed by atoms with E-state index in [-0.39, 0.29) is 30.5 Å². The Morgan fingerprint density at radius 1 is 1.17 bits per heavy atom. The molecule has 2 aliphatic heterocycles. The molecule has 0 spiro atoms. The molecule has 1 fully saturated rings. The molecule has 180 valence electrons. The highest BCUT2D eigenvalue weighted by molar-refractivity contribution is 6.07. The quantitative estimate of drug-likeness (QED) is 0.414. The van der Waals surface area contributed by atoms with Crippen LogP contribution in [0.1, 0.15) is 39.3 Å². The second-order valence-electron chi connectivity index (χ2n) is 8.77. The summed E-state index contributed by atoms with van der Waals surface area (Å²) in [6, 6.07) is 9.98. The van der Waals surface area contributed by atoms with Crippen LogP contribution in [0.4, 0.5) is 5.69 Å². The normalized spacial score (nSPS) is 17.4. The number of carbonyl (C=O) groups excluding carboxylic acids is 4. The van der Waals surface area contributed by atoms with Crippen LogP contribution in [0.2, 0.25) is 0 Å². The molecule has 12 nitrogen and oxygen atoms in total. The smallest absolute Gasteiger partial charge is 0.277 e. The van der Waals surface area contributed by atoms with Crippen LogP contribution in [-0.4, -0.2) is 59.1 Å². The van der Waals surface area contributed by atoms with E-state index in [9.17, 15) is 19.2 Å². The number of fused-ring (bicyclic) bond motifs is 2. The number of nitrogens with one attached hydrogen (secondary N) is 2. The standard InChI is InChI=1S/C24H20N8O4/c1-30-12-25-21-16(3-2-4-18(21)30)26-22(34)17-11-32(29-28-17)14-5-6-15-13(9-14)10-31(24(15)36)19-7-8-20(33)27-23(19)35/h2-6,9,11-12,19H,7-8,10H2,1H3,(H,26,34)(H,27,33,35). The summed E-state index contributed by atoms with van der Waals surface area (Å²) in [6.45, 7) is 0.240. The number of hydrogen-bond acceptors (Lipinski definition) is 7. The molecule has 4 aromatic rings. The summed E-state index contributed by atoms with van der Waals surface area (Å²) in [4.78, 5) is 55.3. The first kappa shape index (κ1) is 21.6. The van der Waals surface area contributed by atoms with Gasteiger partial charge in [0.1, 0.15) is 11.6 Å². The van der Waals surface area contributed by atoms with Crippen LogP contribution in [0, 0.1) is 0 Å². The molecule has 2 N–H and O–H groups in total. The van der Waals surface area contributed by atoms with Gasteiger partial charge in [-0.25, -0.2) is 9.67 Å². The Balaban J connectivity index is 1.21. The van der Waals surface area contributed by atoms with Gasteiger partial charge >= 0.3 is 0 Å². The summed E-state index contributed by atoms with van der Waals surface area (Å²) in [6.07, 6.45) is 3.67. The fourth-order valence-corrected chi connectivity index (χ4v) is 4.64. The largest absolute Gasteiger partial charge is 0.334 e. The van der Waals surface area contributed by atoms with Crippen molar-refractivity contribution in [2.75, 3.05) is 5.32 Å². The first-order valence-electron chi connectivity index (χ1n) is 11.3. The predicted octanol–water partition coefficient (Wildman–Crippen LogP) is 1.17. The lowest BCUT2D eigenvalue weighted by molar-refractivity contribution is -0.136. The summed E-state index contributed by atoms with van der Waals surface area (Å²) in [7, 11) is 1.88. The van der Waals surface area contributed by atoms with Crippen molar-refractivity contribution in [1.82, 2.24) is 34.8 Å². The molecule has 4 heterocycles. The zero-order valence-electron chi connectivity index (χ0n) is 19.1. The number of aromatic nitrogens is 5. The number of piperidine rings is 1. The van der Waals surface area contributed by atoms with Crippen molar-refractivity contribution in [2.45, 2.75) is 25.4 Å². The number of benzene rings is 2. The molecule has 36 heavy (non-hydrogen) atoms. The van der Waals surface area contributed by atoms with Gasteiger partial charge in [-0.2, -0.15) is 0 Å². The zero-order chi connectivity index (χ0) is 25.0. The van der Waals surface area contributed by atoms with Crippen molar-refractivity contribution in [2.24, 2.45) is 7.05 Å². The second kappa shape index (κ2) is 8.12. The highest BCUT2D eigenvalue weighted by Crippen LogP contribution is 2.29. The van der Waals surface area contributed by atoms with Crippen molar-refractivity contribution in [3.8, 4) is 5.69 Å². The Morgan fingerprint density at radius 3 is 2.86 bits per heavy atom. The molecule has 1 saturated heterocycles. The van der Waals surface area contributed by atoms with Gasteiger partial charge in [-0.05, 0) is 42.3 Å². The molecule has 2 aromatic heterocycles. The molecule has 0 aliphatic carbocycles. The van der Waals surface area contributed by atoms with Crippen LogP contribution in [0.3, 0.4) is 0 Å². The predicted molar refractivity (Wildman–Crippen MR) is 126 cm³/mol. The Bertz CT molecular complexity index is 1590. The van der Waals surface area contributed by atoms with Crippen molar-refractivity contribution >= 4 is 40.3 Å². The van der Waals surface area contributed by atoms with Gasteiger partial charge in [0.25, 0.3) is 11.8 Å². The van der Waals surface area contributed by atoms with Crippen molar-refractivity contribution in [1.29, 1.82) is 0 Å². The van der Waals surface area contributed by atoms with Crippen LogP contribution < -0.4 is 10.6 Å². The SMILES string of the molecule is Cn1cnc2c(NC(=O)c3cn(-c4ccc5c(c4)CN(C4CCC(=O)NC4=O)C5=O)nn3)cccc21. The van der Waals surface area contributed by atoms with E-state index in [0.29, 0.717) is 28.9 Å². The number of aryl methyl sites for hydroxylation is 1. The average Bonchev–Trinajstić information content (AvgIpc) is 3.58. The topological polar surface area (TPSA) is 144 Å². The molecule has 0 radical (unpaired) electrons. The number of imidazole rings is 1. The molecule has 0 bridgehead atoms. The maximum atomic E-state index is 12.9. The fraction of sp³-hybridized carbons (Fsp3) is 0.208. The second-order valence-corrected chi connectivity index (χ2v) is 8.77. The van der Waals surface area contributed by atoms with Gasteiger partial charge in [0.15, 0.2) is 5.69 Å². The van der Waals surface area contributed by atoms with Crippen LogP contribution in [0.5, 0.6) is 0 Å². The van der Waals surface area contributed by atoms with Crippen LogP contribution in [0.25, 0.3) is 16.7 Å². The third-order valence-electron chi connectivity index (χ3n) is 6.50. The van der Waals surface area contributed by atoms with E-state index < -0.39 is 17.9 Å². The highest BCUT2D eigenvalue weighted by atomic mass is 16.2. The number of amides is 4. The third kappa shape index (κ3) is 3.50. The summed E-state index contributed by atoms with van der Waals surface area (Å²) in [5.74, 6) is -1.47. The average molecular weight is 484 g/mol. The molecular formula is C24H20N8O4. The zero-order valence-corrected chi connectivity index (χ0v) is 19.1.